The largest absolute Gasteiger partial charge is 0.259 e. The first-order valence-electron chi connectivity index (χ1n) is 4.03. The van der Waals surface area contributed by atoms with Gasteiger partial charge in [-0.05, 0) is 5.92 Å². The minimum Gasteiger partial charge on any atom is -0.259 e. The minimum absolute atomic E-state index is 0.385. The molecule has 0 unspecified atom stereocenters. The Morgan fingerprint density at radius 3 is 2.46 bits per heavy atom. The van der Waals surface area contributed by atoms with Crippen molar-refractivity contribution in [3.63, 3.8) is 0 Å². The van der Waals surface area contributed by atoms with Crippen molar-refractivity contribution in [2.45, 2.75) is 18.9 Å². The van der Waals surface area contributed by atoms with Crippen molar-refractivity contribution >= 4 is 35.0 Å². The molecule has 2 nitrogen and oxygen atoms in total. The van der Waals surface area contributed by atoms with Gasteiger partial charge in [-0.25, -0.2) is 0 Å². The van der Waals surface area contributed by atoms with E-state index in [4.69, 9.17) is 23.2 Å². The highest BCUT2D eigenvalue weighted by Crippen LogP contribution is 2.32. The highest BCUT2D eigenvalue weighted by Gasteiger charge is 2.12. The molecule has 0 aromatic carbocycles. The van der Waals surface area contributed by atoms with E-state index in [-0.39, 0.29) is 0 Å². The van der Waals surface area contributed by atoms with Crippen molar-refractivity contribution in [1.29, 1.82) is 0 Å². The smallest absolute Gasteiger partial charge is 0.170 e. The van der Waals surface area contributed by atoms with Gasteiger partial charge in [0.15, 0.2) is 5.15 Å². The molecule has 0 radical (unpaired) electrons. The second-order valence-corrected chi connectivity index (χ2v) is 4.98. The second kappa shape index (κ2) is 4.58. The quantitative estimate of drug-likeness (QED) is 0.751. The van der Waals surface area contributed by atoms with E-state index in [1.165, 1.54) is 0 Å². The first-order chi connectivity index (χ1) is 6.02. The summed E-state index contributed by atoms with van der Waals surface area (Å²) in [7, 11) is 1.85. The molecule has 5 heteroatoms. The highest BCUT2D eigenvalue weighted by molar-refractivity contribution is 7.99. The van der Waals surface area contributed by atoms with Gasteiger partial charge >= 0.3 is 0 Å². The normalized spacial score (nSPS) is 11.2. The molecule has 0 aliphatic carbocycles. The molecule has 1 aromatic heterocycles. The van der Waals surface area contributed by atoms with Crippen LogP contribution in [0.5, 0.6) is 0 Å². The summed E-state index contributed by atoms with van der Waals surface area (Å²) in [6.07, 6.45) is 0. The number of aromatic nitrogens is 2. The van der Waals surface area contributed by atoms with Crippen LogP contribution in [-0.4, -0.2) is 15.5 Å². The van der Waals surface area contributed by atoms with Gasteiger partial charge in [0.05, 0.1) is 0 Å². The molecular weight excluding hydrogens is 227 g/mol. The van der Waals surface area contributed by atoms with Gasteiger partial charge in [0.1, 0.15) is 10.0 Å². The van der Waals surface area contributed by atoms with Gasteiger partial charge in [-0.3, -0.25) is 4.68 Å². The van der Waals surface area contributed by atoms with Crippen LogP contribution in [0.3, 0.4) is 0 Å². The lowest BCUT2D eigenvalue weighted by molar-refractivity contribution is 0.694. The van der Waals surface area contributed by atoms with Crippen LogP contribution in [-0.2, 0) is 7.05 Å². The second-order valence-electron chi connectivity index (χ2n) is 3.24. The van der Waals surface area contributed by atoms with Gasteiger partial charge in [0.2, 0.25) is 0 Å². The number of halogens is 2. The van der Waals surface area contributed by atoms with Crippen LogP contribution in [0.4, 0.5) is 0 Å². The molecule has 1 aromatic rings. The average molecular weight is 239 g/mol. The van der Waals surface area contributed by atoms with E-state index < -0.39 is 0 Å². The third kappa shape index (κ3) is 2.79. The Bertz CT molecular complexity index is 297. The molecule has 1 heterocycles. The van der Waals surface area contributed by atoms with E-state index in [1.807, 2.05) is 7.05 Å². The first-order valence-corrected chi connectivity index (χ1v) is 5.77. The number of hydrogen-bond acceptors (Lipinski definition) is 2. The molecule has 0 atom stereocenters. The summed E-state index contributed by atoms with van der Waals surface area (Å²) in [5.41, 5.74) is 0. The van der Waals surface area contributed by atoms with Crippen molar-refractivity contribution < 1.29 is 0 Å². The molecule has 0 aliphatic heterocycles. The summed E-state index contributed by atoms with van der Waals surface area (Å²) in [6.45, 7) is 4.33. The molecule has 0 saturated carbocycles. The fourth-order valence-corrected chi connectivity index (χ4v) is 2.38. The van der Waals surface area contributed by atoms with E-state index in [9.17, 15) is 0 Å². The first kappa shape index (κ1) is 11.2. The molecule has 0 N–H and O–H groups in total. The van der Waals surface area contributed by atoms with E-state index >= 15 is 0 Å². The summed E-state index contributed by atoms with van der Waals surface area (Å²) >= 11 is 13.4. The van der Waals surface area contributed by atoms with E-state index in [1.54, 1.807) is 16.4 Å². The zero-order valence-corrected chi connectivity index (χ0v) is 10.2. The zero-order valence-electron chi connectivity index (χ0n) is 7.84. The molecule has 0 aliphatic rings. The molecule has 0 bridgehead atoms. The van der Waals surface area contributed by atoms with Gasteiger partial charge in [-0.2, -0.15) is 5.10 Å². The van der Waals surface area contributed by atoms with E-state index in [2.05, 4.69) is 18.9 Å². The van der Waals surface area contributed by atoms with Gasteiger partial charge < -0.3 is 0 Å². The lowest BCUT2D eigenvalue weighted by atomic mass is 10.3. The maximum Gasteiger partial charge on any atom is 0.170 e. The van der Waals surface area contributed by atoms with Crippen LogP contribution in [0.2, 0.25) is 10.2 Å². The summed E-state index contributed by atoms with van der Waals surface area (Å²) in [5.74, 6) is 1.66. The van der Waals surface area contributed by atoms with Crippen LogP contribution in [0.25, 0.3) is 0 Å². The Balaban J connectivity index is 2.76. The van der Waals surface area contributed by atoms with Gasteiger partial charge in [-0.15, -0.1) is 11.8 Å². The van der Waals surface area contributed by atoms with Crippen molar-refractivity contribution in [2.75, 3.05) is 5.75 Å². The highest BCUT2D eigenvalue weighted by atomic mass is 35.5. The molecule has 74 valence electrons. The molecule has 0 amide bonds. The van der Waals surface area contributed by atoms with Crippen molar-refractivity contribution in [1.82, 2.24) is 9.78 Å². The molecule has 0 saturated heterocycles. The summed E-state index contributed by atoms with van der Waals surface area (Å²) in [5, 5.41) is 5.91. The Morgan fingerprint density at radius 2 is 2.08 bits per heavy atom. The Morgan fingerprint density at radius 1 is 1.46 bits per heavy atom. The fraction of sp³-hybridized carbons (Fsp3) is 0.625. The summed E-state index contributed by atoms with van der Waals surface area (Å²) in [4.78, 5) is 0. The van der Waals surface area contributed by atoms with E-state index in [0.29, 0.717) is 16.1 Å². The van der Waals surface area contributed by atoms with Crippen LogP contribution in [0.15, 0.2) is 5.03 Å². The maximum atomic E-state index is 5.96. The molecule has 13 heavy (non-hydrogen) atoms. The SMILES string of the molecule is CC(C)CSc1c(Cl)c(Cl)nn1C. The Hall–Kier alpha value is 0.140. The Labute approximate surface area is 92.6 Å². The van der Waals surface area contributed by atoms with Crippen LogP contribution < -0.4 is 0 Å². The summed E-state index contributed by atoms with van der Waals surface area (Å²) in [6, 6.07) is 0. The maximum absolute atomic E-state index is 5.96. The molecular formula is C8H12Cl2N2S. The molecule has 0 spiro atoms. The number of aryl methyl sites for hydroxylation is 1. The topological polar surface area (TPSA) is 17.8 Å². The number of nitrogens with zero attached hydrogens (tertiary/aromatic N) is 2. The van der Waals surface area contributed by atoms with Gasteiger partial charge in [0, 0.05) is 12.8 Å². The fourth-order valence-electron chi connectivity index (χ4n) is 0.854. The average Bonchev–Trinajstić information content (AvgIpc) is 2.24. The third-order valence-electron chi connectivity index (χ3n) is 1.45. The zero-order chi connectivity index (χ0) is 10.0. The van der Waals surface area contributed by atoms with Crippen molar-refractivity contribution in [2.24, 2.45) is 13.0 Å². The Kier molecular flexibility index (Phi) is 3.95. The van der Waals surface area contributed by atoms with Crippen LogP contribution in [0, 0.1) is 5.92 Å². The monoisotopic (exact) mass is 238 g/mol. The van der Waals surface area contributed by atoms with E-state index in [0.717, 1.165) is 10.8 Å². The summed E-state index contributed by atoms with van der Waals surface area (Å²) < 4.78 is 1.72. The number of hydrogen-bond donors (Lipinski definition) is 0. The predicted molar refractivity (Wildman–Crippen MR) is 58.8 cm³/mol. The standard InChI is InChI=1S/C8H12Cl2N2S/c1-5(2)4-13-8-6(9)7(10)11-12(8)3/h5H,4H2,1-3H3. The van der Waals surface area contributed by atoms with Crippen molar-refractivity contribution in [3.05, 3.63) is 10.2 Å². The molecule has 1 rings (SSSR count). The van der Waals surface area contributed by atoms with Crippen molar-refractivity contribution in [3.8, 4) is 0 Å². The lowest BCUT2D eigenvalue weighted by Crippen LogP contribution is -1.96. The van der Waals surface area contributed by atoms with Gasteiger partial charge in [-0.1, -0.05) is 37.0 Å². The van der Waals surface area contributed by atoms with Gasteiger partial charge in [0.25, 0.3) is 0 Å². The number of rotatable bonds is 3. The minimum atomic E-state index is 0.385. The van der Waals surface area contributed by atoms with Crippen LogP contribution >= 0.6 is 35.0 Å². The lowest BCUT2D eigenvalue weighted by Gasteiger charge is -2.04. The number of thioether (sulfide) groups is 1. The molecule has 0 fully saturated rings. The third-order valence-corrected chi connectivity index (χ3v) is 3.86. The predicted octanol–water partition coefficient (Wildman–Crippen LogP) is 3.48. The van der Waals surface area contributed by atoms with Crippen LogP contribution in [0.1, 0.15) is 13.8 Å².